The largest absolute Gasteiger partial charge is 0.370 e. The first kappa shape index (κ1) is 24.8. The quantitative estimate of drug-likeness (QED) is 0.296. The molecular weight excluding hydrogens is 512 g/mol. The van der Waals surface area contributed by atoms with Gasteiger partial charge in [0.25, 0.3) is 0 Å². The third kappa shape index (κ3) is 4.04. The van der Waals surface area contributed by atoms with Gasteiger partial charge in [-0.3, -0.25) is 0 Å². The molecule has 0 radical (unpaired) electrons. The van der Waals surface area contributed by atoms with Crippen LogP contribution in [0.1, 0.15) is 42.4 Å². The summed E-state index contributed by atoms with van der Waals surface area (Å²) in [5.41, 5.74) is 12.6. The molecule has 1 N–H and O–H groups in total. The second kappa shape index (κ2) is 10.1. The Morgan fingerprint density at radius 1 is 0.762 bits per heavy atom. The Morgan fingerprint density at radius 2 is 1.55 bits per heavy atom. The van der Waals surface area contributed by atoms with Crippen LogP contribution >= 0.6 is 0 Å². The van der Waals surface area contributed by atoms with Gasteiger partial charge in [0, 0.05) is 52.2 Å². The minimum absolute atomic E-state index is 0.831. The van der Waals surface area contributed by atoms with E-state index >= 15 is 0 Å². The summed E-state index contributed by atoms with van der Waals surface area (Å²) >= 11 is 0. The van der Waals surface area contributed by atoms with E-state index in [4.69, 9.17) is 0 Å². The highest BCUT2D eigenvalue weighted by Gasteiger charge is 2.28. The SMILES string of the molecule is N#Cc1c(N2CCCCC2)ccc2c1C1=C(CC2)Nc2c3c(ccc2=C1)=CC=CN3c1ccc(-c2ccccc2)cc1. The van der Waals surface area contributed by atoms with Crippen molar-refractivity contribution < 1.29 is 0 Å². The normalized spacial score (nSPS) is 16.6. The standard InChI is InChI=1S/C38H32N4/c39-25-33-35(41-21-5-2-6-22-41)20-16-28-15-19-34-32(36(28)33)24-30-12-11-29-10-7-23-42(38(29)37(30)40-34)31-17-13-27(14-18-31)26-8-3-1-4-9-26/h1,3-4,7-14,16-18,20,23-24,40H,2,5-6,15,19,21-22H2. The van der Waals surface area contributed by atoms with Crippen molar-refractivity contribution in [2.75, 3.05) is 28.2 Å². The van der Waals surface area contributed by atoms with Crippen LogP contribution in [0.4, 0.5) is 22.7 Å². The van der Waals surface area contributed by atoms with Crippen molar-refractivity contribution in [3.8, 4) is 17.2 Å². The van der Waals surface area contributed by atoms with Gasteiger partial charge >= 0.3 is 0 Å². The van der Waals surface area contributed by atoms with E-state index in [1.165, 1.54) is 58.1 Å². The Balaban J connectivity index is 1.22. The van der Waals surface area contributed by atoms with Crippen LogP contribution in [-0.4, -0.2) is 13.1 Å². The van der Waals surface area contributed by atoms with Crippen LogP contribution in [0.2, 0.25) is 0 Å². The van der Waals surface area contributed by atoms with Crippen LogP contribution in [0.25, 0.3) is 28.9 Å². The highest BCUT2D eigenvalue weighted by Crippen LogP contribution is 2.42. The highest BCUT2D eigenvalue weighted by atomic mass is 15.1. The summed E-state index contributed by atoms with van der Waals surface area (Å²) in [6, 6.07) is 30.8. The van der Waals surface area contributed by atoms with Gasteiger partial charge in [-0.25, -0.2) is 0 Å². The second-order valence-corrected chi connectivity index (χ2v) is 11.6. The van der Waals surface area contributed by atoms with Crippen LogP contribution in [0.15, 0.2) is 96.8 Å². The van der Waals surface area contributed by atoms with Gasteiger partial charge in [0.2, 0.25) is 0 Å². The fraction of sp³-hybridized carbons (Fsp3) is 0.184. The molecule has 4 nitrogen and oxygen atoms in total. The maximum atomic E-state index is 10.4. The monoisotopic (exact) mass is 544 g/mol. The molecular formula is C38H32N4. The van der Waals surface area contributed by atoms with Gasteiger partial charge < -0.3 is 15.1 Å². The molecule has 4 aromatic rings. The molecule has 8 rings (SSSR count). The lowest BCUT2D eigenvalue weighted by atomic mass is 9.82. The topological polar surface area (TPSA) is 42.3 Å². The van der Waals surface area contributed by atoms with Gasteiger partial charge in [-0.05, 0) is 79.1 Å². The third-order valence-corrected chi connectivity index (χ3v) is 9.14. The molecule has 4 heteroatoms. The van der Waals surface area contributed by atoms with Crippen LogP contribution < -0.4 is 25.6 Å². The number of fused-ring (bicyclic) bond motifs is 5. The Hall–Kier alpha value is -5.01. The van der Waals surface area contributed by atoms with E-state index in [2.05, 4.69) is 124 Å². The van der Waals surface area contributed by atoms with Crippen LogP contribution in [0, 0.1) is 11.3 Å². The van der Waals surface area contributed by atoms with Crippen molar-refractivity contribution in [3.63, 3.8) is 0 Å². The molecule has 4 aromatic carbocycles. The van der Waals surface area contributed by atoms with Crippen molar-refractivity contribution in [2.45, 2.75) is 32.1 Å². The lowest BCUT2D eigenvalue weighted by molar-refractivity contribution is 0.577. The van der Waals surface area contributed by atoms with Gasteiger partial charge in [-0.1, -0.05) is 66.7 Å². The van der Waals surface area contributed by atoms with Crippen LogP contribution in [0.3, 0.4) is 0 Å². The summed E-state index contributed by atoms with van der Waals surface area (Å²) in [4.78, 5) is 4.71. The molecule has 204 valence electrons. The maximum absolute atomic E-state index is 10.4. The minimum atomic E-state index is 0.831. The lowest BCUT2D eigenvalue weighted by Gasteiger charge is -2.34. The van der Waals surface area contributed by atoms with Crippen LogP contribution in [-0.2, 0) is 6.42 Å². The number of aryl methyl sites for hydroxylation is 1. The predicted molar refractivity (Wildman–Crippen MR) is 174 cm³/mol. The van der Waals surface area contributed by atoms with Crippen molar-refractivity contribution in [3.05, 3.63) is 124 Å². The van der Waals surface area contributed by atoms with E-state index in [1.54, 1.807) is 0 Å². The molecule has 0 bridgehead atoms. The summed E-state index contributed by atoms with van der Waals surface area (Å²) in [5.74, 6) is 0. The van der Waals surface area contributed by atoms with Gasteiger partial charge in [0.1, 0.15) is 6.07 Å². The molecule has 1 fully saturated rings. The number of allylic oxidation sites excluding steroid dienone is 3. The number of nitrogens with zero attached hydrogens (tertiary/aromatic N) is 3. The Bertz CT molecular complexity index is 1940. The van der Waals surface area contributed by atoms with E-state index in [1.807, 2.05) is 0 Å². The number of nitrogens with one attached hydrogen (secondary N) is 1. The Labute approximate surface area is 246 Å². The fourth-order valence-corrected chi connectivity index (χ4v) is 7.04. The fourth-order valence-electron chi connectivity index (χ4n) is 7.04. The first-order chi connectivity index (χ1) is 20.8. The number of hydrogen-bond acceptors (Lipinski definition) is 4. The molecule has 3 heterocycles. The summed E-state index contributed by atoms with van der Waals surface area (Å²) in [7, 11) is 0. The molecule has 0 aromatic heterocycles. The zero-order valence-corrected chi connectivity index (χ0v) is 23.6. The van der Waals surface area contributed by atoms with Crippen molar-refractivity contribution in [2.24, 2.45) is 0 Å². The summed E-state index contributed by atoms with van der Waals surface area (Å²) in [6.45, 7) is 2.06. The van der Waals surface area contributed by atoms with E-state index in [0.717, 1.165) is 59.3 Å². The lowest BCUT2D eigenvalue weighted by Crippen LogP contribution is -2.31. The van der Waals surface area contributed by atoms with E-state index in [9.17, 15) is 5.26 Å². The van der Waals surface area contributed by atoms with Crippen molar-refractivity contribution in [1.29, 1.82) is 5.26 Å². The number of anilines is 4. The van der Waals surface area contributed by atoms with Crippen molar-refractivity contribution in [1.82, 2.24) is 0 Å². The summed E-state index contributed by atoms with van der Waals surface area (Å²) in [6.07, 6.45) is 14.3. The van der Waals surface area contributed by atoms with Gasteiger partial charge in [0.05, 0.1) is 22.6 Å². The second-order valence-electron chi connectivity index (χ2n) is 11.6. The summed E-state index contributed by atoms with van der Waals surface area (Å²) in [5, 5.41) is 16.7. The van der Waals surface area contributed by atoms with Crippen molar-refractivity contribution >= 4 is 40.5 Å². The zero-order valence-electron chi connectivity index (χ0n) is 23.6. The van der Waals surface area contributed by atoms with E-state index in [-0.39, 0.29) is 0 Å². The Morgan fingerprint density at radius 3 is 2.36 bits per heavy atom. The smallest absolute Gasteiger partial charge is 0.102 e. The van der Waals surface area contributed by atoms with Gasteiger partial charge in [-0.2, -0.15) is 5.26 Å². The minimum Gasteiger partial charge on any atom is -0.370 e. The zero-order chi connectivity index (χ0) is 28.0. The van der Waals surface area contributed by atoms with Gasteiger partial charge in [-0.15, -0.1) is 0 Å². The summed E-state index contributed by atoms with van der Waals surface area (Å²) < 4.78 is 0. The molecule has 3 aliphatic heterocycles. The average molecular weight is 545 g/mol. The third-order valence-electron chi connectivity index (χ3n) is 9.14. The number of benzene rings is 4. The first-order valence-electron chi connectivity index (χ1n) is 15.1. The molecule has 0 unspecified atom stereocenters. The van der Waals surface area contributed by atoms with E-state index in [0.29, 0.717) is 0 Å². The molecule has 0 saturated carbocycles. The van der Waals surface area contributed by atoms with Crippen LogP contribution in [0.5, 0.6) is 0 Å². The number of hydrogen-bond donors (Lipinski definition) is 1. The highest BCUT2D eigenvalue weighted by molar-refractivity contribution is 6.01. The van der Waals surface area contributed by atoms with Gasteiger partial charge in [0.15, 0.2) is 0 Å². The predicted octanol–water partition coefficient (Wildman–Crippen LogP) is 7.22. The Kier molecular flexibility index (Phi) is 5.96. The molecule has 0 amide bonds. The first-order valence-corrected chi connectivity index (χ1v) is 15.1. The molecule has 1 aliphatic carbocycles. The number of nitriles is 1. The maximum Gasteiger partial charge on any atom is 0.102 e. The molecule has 1 saturated heterocycles. The average Bonchev–Trinajstić information content (AvgIpc) is 3.07. The number of rotatable bonds is 3. The molecule has 4 aliphatic rings. The molecule has 0 atom stereocenters. The molecule has 0 spiro atoms. The van der Waals surface area contributed by atoms with E-state index < -0.39 is 0 Å². The number of piperidine rings is 1. The molecule has 42 heavy (non-hydrogen) atoms.